The van der Waals surface area contributed by atoms with Crippen molar-refractivity contribution in [2.45, 2.75) is 18.8 Å². The fraction of sp³-hybridized carbons (Fsp3) is 0.250. The van der Waals surface area contributed by atoms with Gasteiger partial charge in [-0.3, -0.25) is 4.79 Å². The standard InChI is InChI=1S/C12H5F8N3OS/c13-9(14)7-8(25-23-22-7)10(24)21-6-2-4(11(15,16)17)1-5(3-6)12(18,19)20/h1-3,9H,(H,21,24). The molecule has 1 aromatic heterocycles. The van der Waals surface area contributed by atoms with Crippen molar-refractivity contribution in [1.82, 2.24) is 9.59 Å². The predicted molar refractivity (Wildman–Crippen MR) is 69.3 cm³/mol. The van der Waals surface area contributed by atoms with Crippen LogP contribution in [0, 0.1) is 0 Å². The molecule has 0 saturated carbocycles. The molecule has 1 N–H and O–H groups in total. The van der Waals surface area contributed by atoms with Gasteiger partial charge in [-0.1, -0.05) is 4.49 Å². The molecule has 2 aromatic rings. The number of carbonyl (C=O) groups excluding carboxylic acids is 1. The smallest absolute Gasteiger partial charge is 0.321 e. The summed E-state index contributed by atoms with van der Waals surface area (Å²) in [7, 11) is 0. The fourth-order valence-electron chi connectivity index (χ4n) is 1.71. The second-order valence-corrected chi connectivity index (χ2v) is 5.29. The van der Waals surface area contributed by atoms with Crippen molar-refractivity contribution >= 4 is 23.1 Å². The Hall–Kier alpha value is -2.31. The van der Waals surface area contributed by atoms with Crippen LogP contribution in [0.15, 0.2) is 18.2 Å². The molecule has 136 valence electrons. The number of hydrogen-bond donors (Lipinski definition) is 1. The minimum absolute atomic E-state index is 0.130. The van der Waals surface area contributed by atoms with Gasteiger partial charge >= 0.3 is 12.4 Å². The maximum absolute atomic E-state index is 12.7. The van der Waals surface area contributed by atoms with E-state index in [1.54, 1.807) is 5.32 Å². The van der Waals surface area contributed by atoms with Crippen molar-refractivity contribution in [3.8, 4) is 0 Å². The highest BCUT2D eigenvalue weighted by Gasteiger charge is 2.37. The summed E-state index contributed by atoms with van der Waals surface area (Å²) in [5.74, 6) is -1.35. The van der Waals surface area contributed by atoms with Gasteiger partial charge in [-0.25, -0.2) is 8.78 Å². The summed E-state index contributed by atoms with van der Waals surface area (Å²) in [5, 5.41) is 4.71. The first-order valence-electron chi connectivity index (χ1n) is 6.11. The van der Waals surface area contributed by atoms with E-state index in [1.165, 1.54) is 0 Å². The molecule has 0 bridgehead atoms. The molecule has 0 spiro atoms. The average Bonchev–Trinajstić information content (AvgIpc) is 2.94. The van der Waals surface area contributed by atoms with Gasteiger partial charge < -0.3 is 5.32 Å². The van der Waals surface area contributed by atoms with Crippen molar-refractivity contribution in [1.29, 1.82) is 0 Å². The molecule has 1 heterocycles. The number of benzene rings is 1. The molecule has 0 aliphatic carbocycles. The zero-order chi connectivity index (χ0) is 19.0. The molecule has 0 radical (unpaired) electrons. The first-order valence-corrected chi connectivity index (χ1v) is 6.88. The van der Waals surface area contributed by atoms with Gasteiger partial charge in [0, 0.05) is 5.69 Å². The monoisotopic (exact) mass is 391 g/mol. The quantitative estimate of drug-likeness (QED) is 0.768. The Kier molecular flexibility index (Phi) is 4.97. The van der Waals surface area contributed by atoms with Crippen molar-refractivity contribution in [2.75, 3.05) is 5.32 Å². The van der Waals surface area contributed by atoms with Crippen LogP contribution in [0.1, 0.15) is 32.9 Å². The van der Waals surface area contributed by atoms with Crippen LogP contribution in [-0.4, -0.2) is 15.5 Å². The molecule has 0 saturated heterocycles. The fourth-order valence-corrected chi connectivity index (χ4v) is 2.28. The largest absolute Gasteiger partial charge is 0.416 e. The Labute approximate surface area is 137 Å². The van der Waals surface area contributed by atoms with Gasteiger partial charge in [0.1, 0.15) is 4.88 Å². The van der Waals surface area contributed by atoms with E-state index >= 15 is 0 Å². The summed E-state index contributed by atoms with van der Waals surface area (Å²) in [5.41, 5.74) is -5.20. The van der Waals surface area contributed by atoms with Crippen LogP contribution in [0.2, 0.25) is 0 Å². The Morgan fingerprint density at radius 1 is 1.00 bits per heavy atom. The first kappa shape index (κ1) is 19.0. The molecule has 2 rings (SSSR count). The highest BCUT2D eigenvalue weighted by molar-refractivity contribution is 7.08. The minimum atomic E-state index is -5.11. The second kappa shape index (κ2) is 6.54. The maximum Gasteiger partial charge on any atom is 0.416 e. The lowest BCUT2D eigenvalue weighted by molar-refractivity contribution is -0.143. The van der Waals surface area contributed by atoms with E-state index in [-0.39, 0.29) is 29.7 Å². The molecular formula is C12H5F8N3OS. The van der Waals surface area contributed by atoms with Gasteiger partial charge in [0.05, 0.1) is 11.1 Å². The average molecular weight is 391 g/mol. The number of anilines is 1. The van der Waals surface area contributed by atoms with E-state index in [2.05, 4.69) is 9.59 Å². The summed E-state index contributed by atoms with van der Waals surface area (Å²) >= 11 is 0.227. The lowest BCUT2D eigenvalue weighted by Crippen LogP contribution is -2.16. The molecule has 0 aliphatic heterocycles. The van der Waals surface area contributed by atoms with Gasteiger partial charge in [-0.2, -0.15) is 26.3 Å². The number of aromatic nitrogens is 2. The zero-order valence-electron chi connectivity index (χ0n) is 11.5. The third-order valence-electron chi connectivity index (χ3n) is 2.77. The topological polar surface area (TPSA) is 54.9 Å². The molecule has 13 heteroatoms. The summed E-state index contributed by atoms with van der Waals surface area (Å²) in [6.07, 6.45) is -13.4. The van der Waals surface area contributed by atoms with E-state index in [0.717, 1.165) is 0 Å². The normalized spacial score (nSPS) is 12.5. The minimum Gasteiger partial charge on any atom is -0.321 e. The van der Waals surface area contributed by atoms with Crippen LogP contribution in [0.25, 0.3) is 0 Å². The molecule has 0 unspecified atom stereocenters. The van der Waals surface area contributed by atoms with Gasteiger partial charge in [0.25, 0.3) is 12.3 Å². The molecule has 1 aromatic carbocycles. The van der Waals surface area contributed by atoms with Gasteiger partial charge in [-0.15, -0.1) is 5.10 Å². The van der Waals surface area contributed by atoms with E-state index in [9.17, 15) is 39.9 Å². The van der Waals surface area contributed by atoms with Crippen molar-refractivity contribution in [3.63, 3.8) is 0 Å². The molecule has 25 heavy (non-hydrogen) atoms. The number of alkyl halides is 8. The van der Waals surface area contributed by atoms with Crippen LogP contribution in [0.4, 0.5) is 40.8 Å². The number of carbonyl (C=O) groups is 1. The highest BCUT2D eigenvalue weighted by Crippen LogP contribution is 2.37. The predicted octanol–water partition coefficient (Wildman–Crippen LogP) is 4.77. The third kappa shape index (κ3) is 4.41. The lowest BCUT2D eigenvalue weighted by atomic mass is 10.1. The Balaban J connectivity index is 2.41. The molecular weight excluding hydrogens is 386 g/mol. The molecule has 1 amide bonds. The van der Waals surface area contributed by atoms with Crippen molar-refractivity contribution in [3.05, 3.63) is 39.9 Å². The van der Waals surface area contributed by atoms with E-state index in [4.69, 9.17) is 0 Å². The number of hydrogen-bond acceptors (Lipinski definition) is 4. The van der Waals surface area contributed by atoms with Crippen LogP contribution < -0.4 is 5.32 Å². The Bertz CT molecular complexity index is 751. The van der Waals surface area contributed by atoms with Crippen LogP contribution in [-0.2, 0) is 12.4 Å². The zero-order valence-corrected chi connectivity index (χ0v) is 12.4. The molecule has 0 fully saturated rings. The SMILES string of the molecule is O=C(Nc1cc(C(F)(F)F)cc(C(F)(F)F)c1)c1snnc1C(F)F. The molecule has 4 nitrogen and oxygen atoms in total. The number of amides is 1. The number of halogens is 8. The summed E-state index contributed by atoms with van der Waals surface area (Å²) in [4.78, 5) is 11.1. The van der Waals surface area contributed by atoms with Gasteiger partial charge in [0.2, 0.25) is 0 Å². The number of nitrogens with one attached hydrogen (secondary N) is 1. The highest BCUT2D eigenvalue weighted by atomic mass is 32.1. The number of nitrogens with zero attached hydrogens (tertiary/aromatic N) is 2. The van der Waals surface area contributed by atoms with Crippen molar-refractivity contribution in [2.24, 2.45) is 0 Å². The van der Waals surface area contributed by atoms with Crippen molar-refractivity contribution < 1.29 is 39.9 Å². The molecule has 0 aliphatic rings. The van der Waals surface area contributed by atoms with E-state index < -0.39 is 52.1 Å². The van der Waals surface area contributed by atoms with Crippen LogP contribution in [0.3, 0.4) is 0 Å². The Morgan fingerprint density at radius 2 is 1.52 bits per heavy atom. The lowest BCUT2D eigenvalue weighted by Gasteiger charge is -2.14. The van der Waals surface area contributed by atoms with E-state index in [1.807, 2.05) is 0 Å². The number of rotatable bonds is 3. The van der Waals surface area contributed by atoms with Gasteiger partial charge in [0.15, 0.2) is 5.69 Å². The maximum atomic E-state index is 12.7. The summed E-state index contributed by atoms with van der Waals surface area (Å²) in [6.45, 7) is 0. The van der Waals surface area contributed by atoms with E-state index in [0.29, 0.717) is 0 Å². The Morgan fingerprint density at radius 3 is 1.96 bits per heavy atom. The second-order valence-electron chi connectivity index (χ2n) is 4.54. The summed E-state index contributed by atoms with van der Waals surface area (Å²) in [6, 6.07) is 0.377. The van der Waals surface area contributed by atoms with Crippen LogP contribution in [0.5, 0.6) is 0 Å². The first-order chi connectivity index (χ1) is 11.4. The summed E-state index contributed by atoms with van der Waals surface area (Å²) < 4.78 is 105. The van der Waals surface area contributed by atoms with Gasteiger partial charge in [-0.05, 0) is 29.7 Å². The molecule has 0 atom stereocenters. The third-order valence-corrected chi connectivity index (χ3v) is 3.51. The van der Waals surface area contributed by atoms with Crippen LogP contribution >= 0.6 is 11.5 Å².